The molecule has 0 aromatic carbocycles. The van der Waals surface area contributed by atoms with Crippen molar-refractivity contribution in [2.45, 2.75) is 13.0 Å². The fourth-order valence-corrected chi connectivity index (χ4v) is 1.76. The Kier molecular flexibility index (Phi) is 2.32. The van der Waals surface area contributed by atoms with Gasteiger partial charge in [0.25, 0.3) is 0 Å². The second-order valence-corrected chi connectivity index (χ2v) is 3.69. The van der Waals surface area contributed by atoms with Crippen molar-refractivity contribution in [3.63, 3.8) is 0 Å². The van der Waals surface area contributed by atoms with Crippen LogP contribution >= 0.6 is 0 Å². The average Bonchev–Trinajstić information content (AvgIpc) is 2.71. The molecule has 2 aromatic heterocycles. The zero-order valence-electron chi connectivity index (χ0n) is 9.18. The van der Waals surface area contributed by atoms with Gasteiger partial charge in [0, 0.05) is 20.3 Å². The highest BCUT2D eigenvalue weighted by Crippen LogP contribution is 2.18. The minimum Gasteiger partial charge on any atom is -0.318 e. The molecule has 1 atom stereocenters. The standard InChI is InChI=1S/C10H15N5/c1-7-6-9(15(3)13-7)10(11)8-4-5-12-14(8)2/h4-6,10H,11H2,1-3H3. The Morgan fingerprint density at radius 2 is 2.00 bits per heavy atom. The van der Waals surface area contributed by atoms with Gasteiger partial charge in [-0.3, -0.25) is 9.36 Å². The summed E-state index contributed by atoms with van der Waals surface area (Å²) in [7, 11) is 3.79. The molecular weight excluding hydrogens is 190 g/mol. The molecule has 0 aliphatic rings. The summed E-state index contributed by atoms with van der Waals surface area (Å²) in [5.74, 6) is 0. The molecule has 2 aromatic rings. The maximum Gasteiger partial charge on any atom is 0.0893 e. The van der Waals surface area contributed by atoms with Gasteiger partial charge in [-0.1, -0.05) is 0 Å². The Labute approximate surface area is 88.5 Å². The van der Waals surface area contributed by atoms with E-state index in [1.54, 1.807) is 10.9 Å². The van der Waals surface area contributed by atoms with E-state index in [1.165, 1.54) is 0 Å². The summed E-state index contributed by atoms with van der Waals surface area (Å²) in [6, 6.07) is 3.74. The van der Waals surface area contributed by atoms with Crippen LogP contribution in [0.2, 0.25) is 0 Å². The summed E-state index contributed by atoms with van der Waals surface area (Å²) in [5, 5.41) is 8.39. The van der Waals surface area contributed by atoms with Crippen LogP contribution in [0.1, 0.15) is 23.1 Å². The molecule has 2 rings (SSSR count). The zero-order chi connectivity index (χ0) is 11.0. The smallest absolute Gasteiger partial charge is 0.0893 e. The van der Waals surface area contributed by atoms with Crippen LogP contribution in [-0.4, -0.2) is 19.6 Å². The van der Waals surface area contributed by atoms with Crippen LogP contribution in [0.3, 0.4) is 0 Å². The van der Waals surface area contributed by atoms with Gasteiger partial charge in [-0.15, -0.1) is 0 Å². The molecule has 5 heteroatoms. The zero-order valence-corrected chi connectivity index (χ0v) is 9.18. The molecule has 0 fully saturated rings. The first-order valence-corrected chi connectivity index (χ1v) is 4.83. The molecule has 80 valence electrons. The van der Waals surface area contributed by atoms with E-state index < -0.39 is 0 Å². The third kappa shape index (κ3) is 1.66. The van der Waals surface area contributed by atoms with Crippen molar-refractivity contribution in [2.75, 3.05) is 0 Å². The van der Waals surface area contributed by atoms with Gasteiger partial charge in [0.1, 0.15) is 0 Å². The van der Waals surface area contributed by atoms with E-state index in [4.69, 9.17) is 5.73 Å². The van der Waals surface area contributed by atoms with E-state index in [1.807, 2.05) is 37.8 Å². The molecule has 0 spiro atoms. The number of nitrogens with zero attached hydrogens (tertiary/aromatic N) is 4. The molecule has 1 unspecified atom stereocenters. The lowest BCUT2D eigenvalue weighted by molar-refractivity contribution is 0.620. The summed E-state index contributed by atoms with van der Waals surface area (Å²) in [5.41, 5.74) is 9.11. The number of aryl methyl sites for hydroxylation is 3. The van der Waals surface area contributed by atoms with E-state index in [0.29, 0.717) is 0 Å². The number of nitrogens with two attached hydrogens (primary N) is 1. The summed E-state index contributed by atoms with van der Waals surface area (Å²) in [4.78, 5) is 0. The molecule has 0 saturated heterocycles. The minimum atomic E-state index is -0.177. The van der Waals surface area contributed by atoms with Crippen LogP contribution in [0.5, 0.6) is 0 Å². The van der Waals surface area contributed by atoms with Crippen LogP contribution in [0.4, 0.5) is 0 Å². The maximum absolute atomic E-state index is 6.15. The molecule has 15 heavy (non-hydrogen) atoms. The molecule has 2 heterocycles. The van der Waals surface area contributed by atoms with Gasteiger partial charge in [0.2, 0.25) is 0 Å². The highest BCUT2D eigenvalue weighted by atomic mass is 15.3. The first-order chi connectivity index (χ1) is 7.09. The lowest BCUT2D eigenvalue weighted by Crippen LogP contribution is -2.18. The van der Waals surface area contributed by atoms with Crippen molar-refractivity contribution in [2.24, 2.45) is 19.8 Å². The van der Waals surface area contributed by atoms with E-state index in [-0.39, 0.29) is 6.04 Å². The van der Waals surface area contributed by atoms with E-state index >= 15 is 0 Å². The van der Waals surface area contributed by atoms with E-state index in [2.05, 4.69) is 10.2 Å². The molecule has 5 nitrogen and oxygen atoms in total. The predicted molar refractivity (Wildman–Crippen MR) is 57.2 cm³/mol. The third-order valence-electron chi connectivity index (χ3n) is 2.53. The number of aromatic nitrogens is 4. The fraction of sp³-hybridized carbons (Fsp3) is 0.400. The monoisotopic (exact) mass is 205 g/mol. The fourth-order valence-electron chi connectivity index (χ4n) is 1.76. The quantitative estimate of drug-likeness (QED) is 0.777. The first kappa shape index (κ1) is 9.92. The van der Waals surface area contributed by atoms with E-state index in [0.717, 1.165) is 17.1 Å². The molecule has 0 saturated carbocycles. The Hall–Kier alpha value is -1.62. The second kappa shape index (κ2) is 3.51. The molecule has 0 aliphatic heterocycles. The lowest BCUT2D eigenvalue weighted by atomic mass is 10.1. The highest BCUT2D eigenvalue weighted by molar-refractivity contribution is 5.22. The summed E-state index contributed by atoms with van der Waals surface area (Å²) < 4.78 is 3.60. The Morgan fingerprint density at radius 1 is 1.27 bits per heavy atom. The number of hydrogen-bond acceptors (Lipinski definition) is 3. The van der Waals surface area contributed by atoms with E-state index in [9.17, 15) is 0 Å². The van der Waals surface area contributed by atoms with Crippen LogP contribution in [-0.2, 0) is 14.1 Å². The van der Waals surface area contributed by atoms with Crippen molar-refractivity contribution >= 4 is 0 Å². The SMILES string of the molecule is Cc1cc(C(N)c2ccnn2C)n(C)n1. The molecule has 0 bridgehead atoms. The van der Waals surface area contributed by atoms with Crippen LogP contribution < -0.4 is 5.73 Å². The van der Waals surface area contributed by atoms with Crippen molar-refractivity contribution in [1.29, 1.82) is 0 Å². The van der Waals surface area contributed by atoms with Gasteiger partial charge >= 0.3 is 0 Å². The Morgan fingerprint density at radius 3 is 2.47 bits per heavy atom. The topological polar surface area (TPSA) is 61.7 Å². The molecular formula is C10H15N5. The van der Waals surface area contributed by atoms with Crippen molar-refractivity contribution in [3.8, 4) is 0 Å². The molecule has 0 amide bonds. The summed E-state index contributed by atoms with van der Waals surface area (Å²) >= 11 is 0. The Bertz CT molecular complexity index is 468. The molecule has 0 aliphatic carbocycles. The summed E-state index contributed by atoms with van der Waals surface area (Å²) in [6.45, 7) is 1.96. The van der Waals surface area contributed by atoms with Gasteiger partial charge in [0.05, 0.1) is 23.1 Å². The second-order valence-electron chi connectivity index (χ2n) is 3.69. The first-order valence-electron chi connectivity index (χ1n) is 4.83. The molecule has 0 radical (unpaired) electrons. The van der Waals surface area contributed by atoms with Gasteiger partial charge in [-0.2, -0.15) is 10.2 Å². The van der Waals surface area contributed by atoms with Crippen molar-refractivity contribution in [3.05, 3.63) is 35.4 Å². The van der Waals surface area contributed by atoms with Crippen LogP contribution in [0.15, 0.2) is 18.3 Å². The number of hydrogen-bond donors (Lipinski definition) is 1. The van der Waals surface area contributed by atoms with Gasteiger partial charge in [-0.05, 0) is 19.1 Å². The minimum absolute atomic E-state index is 0.177. The Balaban J connectivity index is 2.40. The van der Waals surface area contributed by atoms with Crippen molar-refractivity contribution < 1.29 is 0 Å². The van der Waals surface area contributed by atoms with Gasteiger partial charge in [-0.25, -0.2) is 0 Å². The summed E-state index contributed by atoms with van der Waals surface area (Å²) in [6.07, 6.45) is 1.75. The molecule has 2 N–H and O–H groups in total. The lowest BCUT2D eigenvalue weighted by Gasteiger charge is -2.11. The number of rotatable bonds is 2. The normalized spacial score (nSPS) is 13.1. The highest BCUT2D eigenvalue weighted by Gasteiger charge is 2.16. The maximum atomic E-state index is 6.15. The van der Waals surface area contributed by atoms with Crippen molar-refractivity contribution in [1.82, 2.24) is 19.6 Å². The third-order valence-corrected chi connectivity index (χ3v) is 2.53. The van der Waals surface area contributed by atoms with Crippen LogP contribution in [0, 0.1) is 6.92 Å². The largest absolute Gasteiger partial charge is 0.318 e. The van der Waals surface area contributed by atoms with Gasteiger partial charge in [0.15, 0.2) is 0 Å². The predicted octanol–water partition coefficient (Wildman–Crippen LogP) is 0.510. The average molecular weight is 205 g/mol. The van der Waals surface area contributed by atoms with Gasteiger partial charge < -0.3 is 5.73 Å². The van der Waals surface area contributed by atoms with Crippen LogP contribution in [0.25, 0.3) is 0 Å².